The van der Waals surface area contributed by atoms with Gasteiger partial charge in [0.25, 0.3) is 0 Å². The van der Waals surface area contributed by atoms with E-state index in [1.807, 2.05) is 6.92 Å². The van der Waals surface area contributed by atoms with Crippen LogP contribution in [0.3, 0.4) is 0 Å². The Morgan fingerprint density at radius 3 is 2.67 bits per heavy atom. The first-order valence-corrected chi connectivity index (χ1v) is 5.66. The second-order valence-corrected chi connectivity index (χ2v) is 4.60. The number of nitrogens with one attached hydrogen (secondary N) is 1. The van der Waals surface area contributed by atoms with Crippen molar-refractivity contribution in [2.24, 2.45) is 5.73 Å². The second kappa shape index (κ2) is 6.97. The molecule has 3 N–H and O–H groups in total. The van der Waals surface area contributed by atoms with Crippen LogP contribution in [0.5, 0.6) is 0 Å². The molecule has 0 spiro atoms. The Bertz CT molecular complexity index is 365. The Labute approximate surface area is 119 Å². The number of amides is 1. The molecule has 1 aliphatic rings. The van der Waals surface area contributed by atoms with E-state index in [1.165, 1.54) is 6.42 Å². The average Bonchev–Trinajstić information content (AvgIpc) is 2.75. The van der Waals surface area contributed by atoms with Gasteiger partial charge in [0.1, 0.15) is 6.04 Å². The third-order valence-electron chi connectivity index (χ3n) is 3.27. The van der Waals surface area contributed by atoms with Crippen molar-refractivity contribution in [2.75, 3.05) is 6.54 Å². The topological polar surface area (TPSA) is 72.9 Å². The van der Waals surface area contributed by atoms with Crippen LogP contribution in [0.1, 0.15) is 32.2 Å². The molecule has 18 heavy (non-hydrogen) atoms. The Hall–Kier alpha value is -0.780. The fraction of sp³-hybridized carbons (Fsp3) is 0.636. The summed E-state index contributed by atoms with van der Waals surface area (Å²) in [5.74, 6) is -0.0274. The van der Waals surface area contributed by atoms with Gasteiger partial charge in [-0.1, -0.05) is 0 Å². The summed E-state index contributed by atoms with van der Waals surface area (Å²) in [4.78, 5) is 11.8. The van der Waals surface area contributed by atoms with Crippen molar-refractivity contribution in [1.82, 2.24) is 15.1 Å². The van der Waals surface area contributed by atoms with E-state index in [4.69, 9.17) is 5.73 Å². The van der Waals surface area contributed by atoms with Crippen LogP contribution in [0.4, 0.5) is 0 Å². The van der Waals surface area contributed by atoms with E-state index >= 15 is 0 Å². The van der Waals surface area contributed by atoms with Crippen LogP contribution in [-0.2, 0) is 4.79 Å². The zero-order valence-electron chi connectivity index (χ0n) is 10.3. The Kier molecular flexibility index (Phi) is 6.67. The van der Waals surface area contributed by atoms with Crippen LogP contribution in [0.15, 0.2) is 18.5 Å². The Morgan fingerprint density at radius 2 is 2.22 bits per heavy atom. The maximum Gasteiger partial charge on any atom is 0.244 e. The van der Waals surface area contributed by atoms with Gasteiger partial charge in [-0.15, -0.1) is 24.8 Å². The normalized spacial score (nSPS) is 17.7. The van der Waals surface area contributed by atoms with Gasteiger partial charge in [-0.3, -0.25) is 9.48 Å². The van der Waals surface area contributed by atoms with Crippen molar-refractivity contribution in [3.05, 3.63) is 18.5 Å². The van der Waals surface area contributed by atoms with E-state index in [-0.39, 0.29) is 42.3 Å². The SMILES string of the molecule is CC(C(=O)NCC1(N)CCC1)n1cccn1.Cl.Cl. The van der Waals surface area contributed by atoms with Crippen molar-refractivity contribution in [1.29, 1.82) is 0 Å². The predicted molar refractivity (Wildman–Crippen MR) is 75.2 cm³/mol. The number of halogens is 2. The summed E-state index contributed by atoms with van der Waals surface area (Å²) in [6, 6.07) is 1.53. The molecule has 1 aliphatic carbocycles. The molecular formula is C11H20Cl2N4O. The lowest BCUT2D eigenvalue weighted by atomic mass is 9.78. The molecule has 104 valence electrons. The van der Waals surface area contributed by atoms with Crippen LogP contribution in [-0.4, -0.2) is 27.8 Å². The predicted octanol–water partition coefficient (Wildman–Crippen LogP) is 1.29. The molecule has 5 nitrogen and oxygen atoms in total. The molecule has 0 radical (unpaired) electrons. The van der Waals surface area contributed by atoms with Gasteiger partial charge in [0.2, 0.25) is 5.91 Å². The van der Waals surface area contributed by atoms with Gasteiger partial charge in [0, 0.05) is 24.5 Å². The first kappa shape index (κ1) is 17.2. The smallest absolute Gasteiger partial charge is 0.244 e. The number of hydrogen-bond acceptors (Lipinski definition) is 3. The largest absolute Gasteiger partial charge is 0.352 e. The molecule has 0 bridgehead atoms. The van der Waals surface area contributed by atoms with Crippen LogP contribution >= 0.6 is 24.8 Å². The van der Waals surface area contributed by atoms with E-state index in [2.05, 4.69) is 10.4 Å². The number of hydrogen-bond donors (Lipinski definition) is 2. The maximum atomic E-state index is 11.8. The highest BCUT2D eigenvalue weighted by Crippen LogP contribution is 2.28. The van der Waals surface area contributed by atoms with Crippen LogP contribution in [0, 0.1) is 0 Å². The molecule has 1 amide bonds. The highest BCUT2D eigenvalue weighted by Gasteiger charge is 2.33. The van der Waals surface area contributed by atoms with Gasteiger partial charge in [-0.05, 0) is 32.3 Å². The summed E-state index contributed by atoms with van der Waals surface area (Å²) < 4.78 is 1.64. The molecular weight excluding hydrogens is 275 g/mol. The Balaban J connectivity index is 0.00000144. The zero-order chi connectivity index (χ0) is 11.6. The molecule has 1 aromatic heterocycles. The fourth-order valence-electron chi connectivity index (χ4n) is 1.85. The molecule has 2 rings (SSSR count). The highest BCUT2D eigenvalue weighted by molar-refractivity contribution is 5.85. The van der Waals surface area contributed by atoms with Crippen molar-refractivity contribution < 1.29 is 4.79 Å². The number of rotatable bonds is 4. The van der Waals surface area contributed by atoms with E-state index < -0.39 is 0 Å². The molecule has 1 heterocycles. The molecule has 1 fully saturated rings. The van der Waals surface area contributed by atoms with Crippen molar-refractivity contribution in [2.45, 2.75) is 37.8 Å². The molecule has 1 aromatic rings. The zero-order valence-corrected chi connectivity index (χ0v) is 12.0. The van der Waals surface area contributed by atoms with Crippen molar-refractivity contribution in [3.8, 4) is 0 Å². The minimum Gasteiger partial charge on any atom is -0.352 e. The lowest BCUT2D eigenvalue weighted by Gasteiger charge is -2.38. The Morgan fingerprint density at radius 1 is 1.56 bits per heavy atom. The van der Waals surface area contributed by atoms with Gasteiger partial charge in [0.15, 0.2) is 0 Å². The number of nitrogens with two attached hydrogens (primary N) is 1. The summed E-state index contributed by atoms with van der Waals surface area (Å²) in [6.45, 7) is 2.39. The fourth-order valence-corrected chi connectivity index (χ4v) is 1.85. The lowest BCUT2D eigenvalue weighted by molar-refractivity contribution is -0.124. The van der Waals surface area contributed by atoms with Gasteiger partial charge in [0.05, 0.1) is 0 Å². The van der Waals surface area contributed by atoms with Crippen molar-refractivity contribution >= 4 is 30.7 Å². The van der Waals surface area contributed by atoms with E-state index in [0.29, 0.717) is 6.54 Å². The molecule has 7 heteroatoms. The molecule has 1 unspecified atom stereocenters. The summed E-state index contributed by atoms with van der Waals surface area (Å²) in [7, 11) is 0. The quantitative estimate of drug-likeness (QED) is 0.879. The van der Waals surface area contributed by atoms with Crippen LogP contribution < -0.4 is 11.1 Å². The van der Waals surface area contributed by atoms with Gasteiger partial charge >= 0.3 is 0 Å². The number of nitrogens with zero attached hydrogens (tertiary/aromatic N) is 2. The minimum absolute atomic E-state index is 0. The number of aromatic nitrogens is 2. The first-order chi connectivity index (χ1) is 7.61. The first-order valence-electron chi connectivity index (χ1n) is 5.66. The third kappa shape index (κ3) is 3.86. The summed E-state index contributed by atoms with van der Waals surface area (Å²) in [6.07, 6.45) is 6.62. The molecule has 1 atom stereocenters. The second-order valence-electron chi connectivity index (χ2n) is 4.60. The van der Waals surface area contributed by atoms with Gasteiger partial charge in [-0.2, -0.15) is 5.10 Å². The average molecular weight is 295 g/mol. The van der Waals surface area contributed by atoms with E-state index in [0.717, 1.165) is 12.8 Å². The van der Waals surface area contributed by atoms with Crippen LogP contribution in [0.25, 0.3) is 0 Å². The van der Waals surface area contributed by atoms with E-state index in [9.17, 15) is 4.79 Å². The monoisotopic (exact) mass is 294 g/mol. The number of carbonyl (C=O) groups is 1. The van der Waals surface area contributed by atoms with Gasteiger partial charge < -0.3 is 11.1 Å². The minimum atomic E-state index is -0.279. The summed E-state index contributed by atoms with van der Waals surface area (Å²) >= 11 is 0. The number of carbonyl (C=O) groups excluding carboxylic acids is 1. The highest BCUT2D eigenvalue weighted by atomic mass is 35.5. The third-order valence-corrected chi connectivity index (χ3v) is 3.27. The molecule has 0 saturated heterocycles. The van der Waals surface area contributed by atoms with Crippen molar-refractivity contribution in [3.63, 3.8) is 0 Å². The van der Waals surface area contributed by atoms with E-state index in [1.54, 1.807) is 23.1 Å². The van der Waals surface area contributed by atoms with Gasteiger partial charge in [-0.25, -0.2) is 0 Å². The maximum absolute atomic E-state index is 11.8. The lowest BCUT2D eigenvalue weighted by Crippen LogP contribution is -2.55. The molecule has 0 aromatic carbocycles. The van der Waals surface area contributed by atoms with Crippen LogP contribution in [0.2, 0.25) is 0 Å². The summed E-state index contributed by atoms with van der Waals surface area (Å²) in [5.41, 5.74) is 5.87. The molecule has 1 saturated carbocycles. The summed E-state index contributed by atoms with van der Waals surface area (Å²) in [5, 5.41) is 6.93. The standard InChI is InChI=1S/C11H18N4O.2ClH/c1-9(15-7-3-6-14-15)10(16)13-8-11(12)4-2-5-11;;/h3,6-7,9H,2,4-5,8,12H2,1H3,(H,13,16);2*1H. The molecule has 0 aliphatic heterocycles.